The minimum atomic E-state index is -0.278. The Kier molecular flexibility index (Phi) is 8.88. The molecule has 1 fully saturated rings. The highest BCUT2D eigenvalue weighted by atomic mass is 32.2. The SMILES string of the molecule is CCOC(=O)c1ccc(CN2CCC(Nc3nc4c(c(Oc5c(C)cc(C#N)cc5C)n3)SCCC4)CC2)cc1. The van der Waals surface area contributed by atoms with Crippen molar-refractivity contribution in [2.75, 3.05) is 30.8 Å². The van der Waals surface area contributed by atoms with Gasteiger partial charge in [0, 0.05) is 25.7 Å². The molecule has 0 atom stereocenters. The molecule has 0 spiro atoms. The molecule has 1 saturated heterocycles. The molecule has 1 aromatic heterocycles. The third-order valence-corrected chi connectivity index (χ3v) is 8.48. The van der Waals surface area contributed by atoms with E-state index in [2.05, 4.69) is 16.3 Å². The van der Waals surface area contributed by atoms with E-state index in [1.165, 1.54) is 5.56 Å². The number of carbonyl (C=O) groups is 1. The molecule has 0 bridgehead atoms. The van der Waals surface area contributed by atoms with Gasteiger partial charge in [0.05, 0.1) is 34.4 Å². The zero-order valence-corrected chi connectivity index (χ0v) is 24.1. The van der Waals surface area contributed by atoms with Gasteiger partial charge in [-0.2, -0.15) is 10.2 Å². The van der Waals surface area contributed by atoms with E-state index in [-0.39, 0.29) is 12.0 Å². The fourth-order valence-electron chi connectivity index (χ4n) is 5.25. The summed E-state index contributed by atoms with van der Waals surface area (Å²) in [4.78, 5) is 25.1. The van der Waals surface area contributed by atoms with Crippen LogP contribution in [-0.2, 0) is 17.7 Å². The van der Waals surface area contributed by atoms with Gasteiger partial charge in [-0.1, -0.05) is 12.1 Å². The van der Waals surface area contributed by atoms with Crippen LogP contribution in [0.15, 0.2) is 41.3 Å². The number of ether oxygens (including phenoxy) is 2. The summed E-state index contributed by atoms with van der Waals surface area (Å²) in [5.41, 5.74) is 5.28. The number of aromatic nitrogens is 2. The van der Waals surface area contributed by atoms with E-state index in [1.807, 2.05) is 57.2 Å². The number of rotatable bonds is 8. The fourth-order valence-corrected chi connectivity index (χ4v) is 6.26. The van der Waals surface area contributed by atoms with E-state index in [9.17, 15) is 10.1 Å². The lowest BCUT2D eigenvalue weighted by Gasteiger charge is -2.32. The van der Waals surface area contributed by atoms with Crippen molar-refractivity contribution in [1.82, 2.24) is 14.9 Å². The molecule has 0 amide bonds. The summed E-state index contributed by atoms with van der Waals surface area (Å²) >= 11 is 1.75. The van der Waals surface area contributed by atoms with Crippen LogP contribution < -0.4 is 10.1 Å². The van der Waals surface area contributed by atoms with Crippen LogP contribution in [0.3, 0.4) is 0 Å². The van der Waals surface area contributed by atoms with Gasteiger partial charge in [-0.25, -0.2) is 9.78 Å². The molecule has 9 heteroatoms. The van der Waals surface area contributed by atoms with Crippen molar-refractivity contribution < 1.29 is 14.3 Å². The van der Waals surface area contributed by atoms with Crippen LogP contribution >= 0.6 is 11.8 Å². The number of benzene rings is 2. The predicted octanol–water partition coefficient (Wildman–Crippen LogP) is 6.05. The van der Waals surface area contributed by atoms with Crippen LogP contribution in [0, 0.1) is 25.2 Å². The van der Waals surface area contributed by atoms with Crippen LogP contribution in [0.25, 0.3) is 0 Å². The first-order chi connectivity index (χ1) is 19.4. The smallest absolute Gasteiger partial charge is 0.338 e. The molecule has 2 aromatic carbocycles. The minimum Gasteiger partial charge on any atom is -0.462 e. The molecule has 3 aromatic rings. The Morgan fingerprint density at radius 3 is 2.55 bits per heavy atom. The molecule has 0 saturated carbocycles. The number of aryl methyl sites for hydroxylation is 3. The number of likely N-dealkylation sites (tertiary alicyclic amines) is 1. The summed E-state index contributed by atoms with van der Waals surface area (Å²) in [6, 6.07) is 13.9. The standard InChI is InChI=1S/C31H35N5O3S/c1-4-38-30(37)24-9-7-22(8-10-24)19-36-13-11-25(12-14-36)33-31-34-26-6-5-15-40-28(26)29(35-31)39-27-20(2)16-23(18-32)17-21(27)3/h7-10,16-17,25H,4-6,11-15,19H2,1-3H3,(H,33,34,35). The number of anilines is 1. The molecule has 40 heavy (non-hydrogen) atoms. The molecule has 8 nitrogen and oxygen atoms in total. The Bertz CT molecular complexity index is 1390. The number of hydrogen-bond acceptors (Lipinski definition) is 9. The summed E-state index contributed by atoms with van der Waals surface area (Å²) in [6.07, 6.45) is 3.97. The Balaban J connectivity index is 1.23. The lowest BCUT2D eigenvalue weighted by Crippen LogP contribution is -2.39. The summed E-state index contributed by atoms with van der Waals surface area (Å²) in [5, 5.41) is 12.9. The molecular weight excluding hydrogens is 522 g/mol. The van der Waals surface area contributed by atoms with Crippen molar-refractivity contribution in [3.8, 4) is 17.7 Å². The minimum absolute atomic E-state index is 0.278. The number of nitriles is 1. The number of hydrogen-bond donors (Lipinski definition) is 1. The lowest BCUT2D eigenvalue weighted by atomic mass is 10.0. The number of fused-ring (bicyclic) bond motifs is 1. The highest BCUT2D eigenvalue weighted by molar-refractivity contribution is 7.99. The van der Waals surface area contributed by atoms with Crippen molar-refractivity contribution in [3.05, 3.63) is 69.9 Å². The number of nitrogens with zero attached hydrogens (tertiary/aromatic N) is 4. The third kappa shape index (κ3) is 6.57. The van der Waals surface area contributed by atoms with Crippen molar-refractivity contribution in [3.63, 3.8) is 0 Å². The van der Waals surface area contributed by atoms with Crippen molar-refractivity contribution in [1.29, 1.82) is 5.26 Å². The lowest BCUT2D eigenvalue weighted by molar-refractivity contribution is 0.0526. The quantitative estimate of drug-likeness (QED) is 0.332. The topological polar surface area (TPSA) is 100 Å². The van der Waals surface area contributed by atoms with Crippen LogP contribution in [0.5, 0.6) is 11.6 Å². The largest absolute Gasteiger partial charge is 0.462 e. The zero-order chi connectivity index (χ0) is 28.1. The first kappa shape index (κ1) is 27.9. The second-order valence-electron chi connectivity index (χ2n) is 10.3. The van der Waals surface area contributed by atoms with E-state index in [0.29, 0.717) is 29.6 Å². The highest BCUT2D eigenvalue weighted by Crippen LogP contribution is 2.40. The van der Waals surface area contributed by atoms with Crippen LogP contribution in [0.4, 0.5) is 5.95 Å². The van der Waals surface area contributed by atoms with Gasteiger partial charge in [-0.05, 0) is 93.2 Å². The van der Waals surface area contributed by atoms with Gasteiger partial charge in [0.2, 0.25) is 11.8 Å². The summed E-state index contributed by atoms with van der Waals surface area (Å²) < 4.78 is 11.5. The molecule has 0 aliphatic carbocycles. The molecular formula is C31H35N5O3S. The van der Waals surface area contributed by atoms with Gasteiger partial charge in [0.15, 0.2) is 0 Å². The number of piperidine rings is 1. The molecule has 0 radical (unpaired) electrons. The first-order valence-electron chi connectivity index (χ1n) is 13.9. The zero-order valence-electron chi connectivity index (χ0n) is 23.3. The third-order valence-electron chi connectivity index (χ3n) is 7.29. The Labute approximate surface area is 240 Å². The first-order valence-corrected chi connectivity index (χ1v) is 14.9. The molecule has 2 aliphatic rings. The average Bonchev–Trinajstić information content (AvgIpc) is 2.96. The van der Waals surface area contributed by atoms with E-state index >= 15 is 0 Å². The maximum atomic E-state index is 11.9. The summed E-state index contributed by atoms with van der Waals surface area (Å²) in [5.74, 6) is 2.71. The average molecular weight is 558 g/mol. The Hall–Kier alpha value is -3.61. The molecule has 1 N–H and O–H groups in total. The van der Waals surface area contributed by atoms with Gasteiger partial charge < -0.3 is 14.8 Å². The maximum absolute atomic E-state index is 11.9. The van der Waals surface area contributed by atoms with E-state index in [0.717, 1.165) is 78.5 Å². The number of carbonyl (C=O) groups excluding carboxylic acids is 1. The van der Waals surface area contributed by atoms with Gasteiger partial charge in [-0.15, -0.1) is 11.8 Å². The van der Waals surface area contributed by atoms with Crippen LogP contribution in [0.2, 0.25) is 0 Å². The van der Waals surface area contributed by atoms with Crippen molar-refractivity contribution in [2.24, 2.45) is 0 Å². The summed E-state index contributed by atoms with van der Waals surface area (Å²) in [7, 11) is 0. The second-order valence-corrected chi connectivity index (χ2v) is 11.5. The van der Waals surface area contributed by atoms with Gasteiger partial charge in [-0.3, -0.25) is 4.90 Å². The van der Waals surface area contributed by atoms with Gasteiger partial charge >= 0.3 is 5.97 Å². The van der Waals surface area contributed by atoms with Crippen molar-refractivity contribution in [2.45, 2.75) is 63.9 Å². The molecule has 3 heterocycles. The van der Waals surface area contributed by atoms with Crippen LogP contribution in [-0.4, -0.2) is 52.3 Å². The van der Waals surface area contributed by atoms with E-state index in [1.54, 1.807) is 11.8 Å². The van der Waals surface area contributed by atoms with E-state index < -0.39 is 0 Å². The number of esters is 1. The molecule has 208 valence electrons. The Morgan fingerprint density at radius 2 is 1.88 bits per heavy atom. The highest BCUT2D eigenvalue weighted by Gasteiger charge is 2.24. The molecule has 2 aliphatic heterocycles. The van der Waals surface area contributed by atoms with Gasteiger partial charge in [0.25, 0.3) is 0 Å². The number of nitrogens with one attached hydrogen (secondary N) is 1. The Morgan fingerprint density at radius 1 is 1.15 bits per heavy atom. The van der Waals surface area contributed by atoms with Crippen LogP contribution in [0.1, 0.15) is 64.5 Å². The predicted molar refractivity (Wildman–Crippen MR) is 156 cm³/mol. The monoisotopic (exact) mass is 557 g/mol. The second kappa shape index (κ2) is 12.7. The molecule has 5 rings (SSSR count). The van der Waals surface area contributed by atoms with Crippen molar-refractivity contribution >= 4 is 23.7 Å². The fraction of sp³-hybridized carbons (Fsp3) is 0.419. The molecule has 0 unspecified atom stereocenters. The normalized spacial score (nSPS) is 15.7. The van der Waals surface area contributed by atoms with Gasteiger partial charge in [0.1, 0.15) is 5.75 Å². The maximum Gasteiger partial charge on any atom is 0.338 e. The number of thioether (sulfide) groups is 1. The summed E-state index contributed by atoms with van der Waals surface area (Å²) in [6.45, 7) is 8.90. The van der Waals surface area contributed by atoms with E-state index in [4.69, 9.17) is 19.4 Å².